The molecule has 0 bridgehead atoms. The lowest BCUT2D eigenvalue weighted by Gasteiger charge is -2.56. The molecular weight excluding hydrogens is 318 g/mol. The highest BCUT2D eigenvalue weighted by atomic mass is 16.2. The molecule has 132 valence electrons. The molecule has 0 aliphatic carbocycles. The second kappa shape index (κ2) is 5.31. The molecule has 1 aromatic carbocycles. The normalized spacial score (nSPS) is 34.7. The Morgan fingerprint density at radius 2 is 1.88 bits per heavy atom. The van der Waals surface area contributed by atoms with Crippen molar-refractivity contribution in [3.63, 3.8) is 0 Å². The molecule has 1 spiro atoms. The lowest BCUT2D eigenvalue weighted by Crippen LogP contribution is -2.73. The molecule has 0 unspecified atom stereocenters. The van der Waals surface area contributed by atoms with E-state index in [9.17, 15) is 14.4 Å². The number of para-hydroxylation sites is 1. The van der Waals surface area contributed by atoms with Crippen LogP contribution >= 0.6 is 0 Å². The monoisotopic (exact) mass is 341 g/mol. The summed E-state index contributed by atoms with van der Waals surface area (Å²) in [6.07, 6.45) is 1.30. The quantitative estimate of drug-likeness (QED) is 0.731. The minimum absolute atomic E-state index is 0.174. The van der Waals surface area contributed by atoms with Crippen molar-refractivity contribution < 1.29 is 14.4 Å². The second-order valence-electron chi connectivity index (χ2n) is 7.82. The number of urea groups is 1. The number of anilines is 1. The van der Waals surface area contributed by atoms with Gasteiger partial charge in [0.25, 0.3) is 0 Å². The maximum atomic E-state index is 13.2. The van der Waals surface area contributed by atoms with Crippen LogP contribution in [-0.4, -0.2) is 42.4 Å². The molecule has 4 amide bonds. The number of benzene rings is 1. The summed E-state index contributed by atoms with van der Waals surface area (Å²) in [5.74, 6) is -0.178. The lowest BCUT2D eigenvalue weighted by atomic mass is 9.62. The third-order valence-corrected chi connectivity index (χ3v) is 6.05. The van der Waals surface area contributed by atoms with E-state index in [2.05, 4.69) is 30.1 Å². The van der Waals surface area contributed by atoms with Crippen molar-refractivity contribution in [1.82, 2.24) is 10.2 Å². The first-order valence-electron chi connectivity index (χ1n) is 8.84. The lowest BCUT2D eigenvalue weighted by molar-refractivity contribution is -0.154. The smallest absolute Gasteiger partial charge is 0.330 e. The van der Waals surface area contributed by atoms with E-state index >= 15 is 0 Å². The predicted molar refractivity (Wildman–Crippen MR) is 93.0 cm³/mol. The van der Waals surface area contributed by atoms with Gasteiger partial charge in [-0.15, -0.1) is 0 Å². The van der Waals surface area contributed by atoms with Crippen LogP contribution in [0.4, 0.5) is 10.5 Å². The third kappa shape index (κ3) is 2.06. The Morgan fingerprint density at radius 1 is 1.16 bits per heavy atom. The highest BCUT2D eigenvalue weighted by Crippen LogP contribution is 2.49. The van der Waals surface area contributed by atoms with Crippen LogP contribution in [0.15, 0.2) is 24.3 Å². The molecule has 2 fully saturated rings. The van der Waals surface area contributed by atoms with Crippen molar-refractivity contribution in [3.8, 4) is 0 Å². The highest BCUT2D eigenvalue weighted by Gasteiger charge is 2.63. The van der Waals surface area contributed by atoms with Crippen molar-refractivity contribution in [1.29, 1.82) is 0 Å². The van der Waals surface area contributed by atoms with Gasteiger partial charge in [-0.25, -0.2) is 4.79 Å². The molecule has 6 nitrogen and oxygen atoms in total. The molecule has 25 heavy (non-hydrogen) atoms. The van der Waals surface area contributed by atoms with E-state index in [4.69, 9.17) is 0 Å². The van der Waals surface area contributed by atoms with Gasteiger partial charge in [-0.1, -0.05) is 32.0 Å². The maximum Gasteiger partial charge on any atom is 0.330 e. The van der Waals surface area contributed by atoms with Gasteiger partial charge in [-0.05, 0) is 36.3 Å². The van der Waals surface area contributed by atoms with Crippen LogP contribution in [0.1, 0.15) is 25.8 Å². The molecule has 3 heterocycles. The number of hydrogen-bond acceptors (Lipinski definition) is 4. The number of nitrogens with zero attached hydrogens (tertiary/aromatic N) is 2. The van der Waals surface area contributed by atoms with Crippen molar-refractivity contribution in [2.24, 2.45) is 17.3 Å². The van der Waals surface area contributed by atoms with E-state index in [-0.39, 0.29) is 17.9 Å². The maximum absolute atomic E-state index is 13.2. The molecule has 3 aliphatic heterocycles. The Labute approximate surface area is 147 Å². The van der Waals surface area contributed by atoms with Crippen molar-refractivity contribution >= 4 is 23.5 Å². The van der Waals surface area contributed by atoms with E-state index in [0.29, 0.717) is 12.3 Å². The number of barbiturate groups is 1. The van der Waals surface area contributed by atoms with Crippen LogP contribution in [0, 0.1) is 17.3 Å². The van der Waals surface area contributed by atoms with Gasteiger partial charge in [-0.2, -0.15) is 0 Å². The van der Waals surface area contributed by atoms with E-state index < -0.39 is 17.4 Å². The highest BCUT2D eigenvalue weighted by molar-refractivity contribution is 6.20. The van der Waals surface area contributed by atoms with Gasteiger partial charge < -0.3 is 4.90 Å². The zero-order valence-electron chi connectivity index (χ0n) is 14.8. The SMILES string of the molecule is C[C@@H]1C[C@@H](C)[C@H]2N(C1)c1ccccc1C[C@@]21C(=O)NC(=O)N(C)C1=O. The first-order valence-corrected chi connectivity index (χ1v) is 8.84. The summed E-state index contributed by atoms with van der Waals surface area (Å²) in [5.41, 5.74) is 0.860. The van der Waals surface area contributed by atoms with Gasteiger partial charge in [0.15, 0.2) is 5.41 Å². The fraction of sp³-hybridized carbons (Fsp3) is 0.526. The fourth-order valence-corrected chi connectivity index (χ4v) is 5.14. The second-order valence-corrected chi connectivity index (χ2v) is 7.82. The fourth-order valence-electron chi connectivity index (χ4n) is 5.14. The Hall–Kier alpha value is -2.37. The summed E-state index contributed by atoms with van der Waals surface area (Å²) in [6, 6.07) is 7.11. The van der Waals surface area contributed by atoms with Crippen molar-refractivity contribution in [2.45, 2.75) is 32.7 Å². The zero-order valence-corrected chi connectivity index (χ0v) is 14.8. The van der Waals surface area contributed by atoms with Crippen molar-refractivity contribution in [3.05, 3.63) is 29.8 Å². The Morgan fingerprint density at radius 3 is 2.64 bits per heavy atom. The summed E-state index contributed by atoms with van der Waals surface area (Å²) >= 11 is 0. The largest absolute Gasteiger partial charge is 0.366 e. The van der Waals surface area contributed by atoms with E-state index in [1.165, 1.54) is 7.05 Å². The molecule has 1 N–H and O–H groups in total. The average molecular weight is 341 g/mol. The van der Waals surface area contributed by atoms with Gasteiger partial charge in [-0.3, -0.25) is 19.8 Å². The molecule has 0 radical (unpaired) electrons. The minimum Gasteiger partial charge on any atom is -0.366 e. The van der Waals surface area contributed by atoms with E-state index in [0.717, 1.165) is 29.1 Å². The molecule has 4 atom stereocenters. The molecule has 0 saturated carbocycles. The van der Waals surface area contributed by atoms with Gasteiger partial charge in [0.1, 0.15) is 0 Å². The zero-order chi connectivity index (χ0) is 17.9. The van der Waals surface area contributed by atoms with Crippen LogP contribution in [0.2, 0.25) is 0 Å². The summed E-state index contributed by atoms with van der Waals surface area (Å²) in [7, 11) is 1.45. The molecule has 1 aromatic rings. The first kappa shape index (κ1) is 16.1. The first-order chi connectivity index (χ1) is 11.9. The molecule has 2 saturated heterocycles. The van der Waals surface area contributed by atoms with E-state index in [1.54, 1.807) is 0 Å². The number of carbonyl (C=O) groups excluding carboxylic acids is 3. The number of hydrogen-bond donors (Lipinski definition) is 1. The van der Waals surface area contributed by atoms with Crippen LogP contribution in [0.5, 0.6) is 0 Å². The number of rotatable bonds is 0. The van der Waals surface area contributed by atoms with Gasteiger partial charge in [0.2, 0.25) is 11.8 Å². The van der Waals surface area contributed by atoms with Crippen LogP contribution in [0.3, 0.4) is 0 Å². The van der Waals surface area contributed by atoms with Gasteiger partial charge in [0.05, 0.1) is 6.04 Å². The van der Waals surface area contributed by atoms with Crippen molar-refractivity contribution in [2.75, 3.05) is 18.5 Å². The average Bonchev–Trinajstić information content (AvgIpc) is 2.57. The number of amides is 4. The summed E-state index contributed by atoms with van der Waals surface area (Å²) in [6.45, 7) is 5.13. The standard InChI is InChI=1S/C19H23N3O3/c1-11-8-12(2)15-19(16(23)20-18(25)21(3)17(19)24)9-13-6-4-5-7-14(13)22(15)10-11/h4-7,11-12,15H,8-10H2,1-3H3,(H,20,23,25)/t11-,12-,15-,19+/m1/s1. The summed E-state index contributed by atoms with van der Waals surface area (Å²) in [5, 5.41) is 2.42. The Bertz CT molecular complexity index is 777. The van der Waals surface area contributed by atoms with Gasteiger partial charge in [0, 0.05) is 19.3 Å². The Kier molecular flexibility index (Phi) is 3.42. The van der Waals surface area contributed by atoms with Crippen LogP contribution < -0.4 is 10.2 Å². The number of fused-ring (bicyclic) bond motifs is 4. The number of nitrogens with one attached hydrogen (secondary N) is 1. The third-order valence-electron chi connectivity index (χ3n) is 6.05. The molecule has 3 aliphatic rings. The molecule has 0 aromatic heterocycles. The topological polar surface area (TPSA) is 69.7 Å². The van der Waals surface area contributed by atoms with Crippen LogP contribution in [-0.2, 0) is 16.0 Å². The van der Waals surface area contributed by atoms with E-state index in [1.807, 2.05) is 18.2 Å². The molecule has 6 heteroatoms. The molecule has 4 rings (SSSR count). The van der Waals surface area contributed by atoms with Crippen LogP contribution in [0.25, 0.3) is 0 Å². The summed E-state index contributed by atoms with van der Waals surface area (Å²) in [4.78, 5) is 41.5. The number of imide groups is 2. The minimum atomic E-state index is -1.24. The predicted octanol–water partition coefficient (Wildman–Crippen LogP) is 1.79. The Balaban J connectivity index is 1.92. The summed E-state index contributed by atoms with van der Waals surface area (Å²) < 4.78 is 0. The number of piperidine rings is 1. The number of carbonyl (C=O) groups is 3. The van der Waals surface area contributed by atoms with Gasteiger partial charge >= 0.3 is 6.03 Å². The molecular formula is C19H23N3O3.